The predicted molar refractivity (Wildman–Crippen MR) is 63.2 cm³/mol. The number of nitrogens with two attached hydrogens (primary N) is 1. The topological polar surface area (TPSA) is 69.4 Å². The number of rotatable bonds is 5. The van der Waals surface area contributed by atoms with E-state index in [-0.39, 0.29) is 5.60 Å². The van der Waals surface area contributed by atoms with Crippen LogP contribution in [0.2, 0.25) is 0 Å². The molecule has 1 aromatic rings. The molecule has 3 N–H and O–H groups in total. The quantitative estimate of drug-likeness (QED) is 0.452. The molecule has 0 aliphatic rings. The lowest BCUT2D eigenvalue weighted by molar-refractivity contribution is -0.0163. The van der Waals surface area contributed by atoms with Crippen molar-refractivity contribution in [2.75, 3.05) is 18.6 Å². The van der Waals surface area contributed by atoms with Crippen LogP contribution in [0.4, 0.5) is 5.82 Å². The summed E-state index contributed by atoms with van der Waals surface area (Å²) in [5.74, 6) is 6.54. The highest BCUT2D eigenvalue weighted by atomic mass is 16.5. The molecule has 5 nitrogen and oxygen atoms in total. The van der Waals surface area contributed by atoms with Gasteiger partial charge in [-0.3, -0.25) is 0 Å². The van der Waals surface area contributed by atoms with Gasteiger partial charge in [0.15, 0.2) is 0 Å². The van der Waals surface area contributed by atoms with Crippen LogP contribution in [0.3, 0.4) is 0 Å². The van der Waals surface area contributed by atoms with Gasteiger partial charge in [-0.2, -0.15) is 0 Å². The van der Waals surface area contributed by atoms with E-state index in [1.54, 1.807) is 18.3 Å². The van der Waals surface area contributed by atoms with Crippen molar-refractivity contribution in [3.63, 3.8) is 0 Å². The first-order chi connectivity index (χ1) is 7.51. The highest BCUT2D eigenvalue weighted by molar-refractivity contribution is 5.39. The number of nitrogens with zero attached hydrogens (tertiary/aromatic N) is 1. The minimum Gasteiger partial charge on any atom is -0.491 e. The summed E-state index contributed by atoms with van der Waals surface area (Å²) in [6, 6.07) is 3.51. The van der Waals surface area contributed by atoms with Gasteiger partial charge in [0.05, 0.1) is 12.2 Å². The molecule has 0 spiro atoms. The second-order valence-electron chi connectivity index (χ2n) is 4.33. The van der Waals surface area contributed by atoms with E-state index < -0.39 is 0 Å². The third-order valence-electron chi connectivity index (χ3n) is 1.77. The summed E-state index contributed by atoms with van der Waals surface area (Å²) in [6.07, 6.45) is 1.63. The van der Waals surface area contributed by atoms with E-state index in [1.807, 2.05) is 20.8 Å². The number of hydrazine groups is 1. The molecule has 5 heteroatoms. The summed E-state index contributed by atoms with van der Waals surface area (Å²) in [5.41, 5.74) is 2.33. The summed E-state index contributed by atoms with van der Waals surface area (Å²) in [4.78, 5) is 3.98. The van der Waals surface area contributed by atoms with Crippen LogP contribution in [-0.4, -0.2) is 23.8 Å². The Labute approximate surface area is 95.9 Å². The van der Waals surface area contributed by atoms with Gasteiger partial charge in [0.25, 0.3) is 0 Å². The van der Waals surface area contributed by atoms with Crippen molar-refractivity contribution >= 4 is 5.82 Å². The summed E-state index contributed by atoms with van der Waals surface area (Å²) in [6.45, 7) is 7.09. The SMILES string of the molecule is CC(C)(C)OCCOc1ccnc(NN)c1. The first kappa shape index (κ1) is 12.7. The van der Waals surface area contributed by atoms with Crippen LogP contribution in [0.15, 0.2) is 18.3 Å². The van der Waals surface area contributed by atoms with Gasteiger partial charge >= 0.3 is 0 Å². The van der Waals surface area contributed by atoms with Gasteiger partial charge in [0, 0.05) is 12.3 Å². The lowest BCUT2D eigenvalue weighted by Crippen LogP contribution is -2.22. The number of aromatic nitrogens is 1. The highest BCUT2D eigenvalue weighted by Gasteiger charge is 2.09. The normalized spacial score (nSPS) is 11.2. The molecule has 0 saturated carbocycles. The second kappa shape index (κ2) is 5.67. The van der Waals surface area contributed by atoms with Crippen LogP contribution in [0.5, 0.6) is 5.75 Å². The summed E-state index contributed by atoms with van der Waals surface area (Å²) in [5, 5.41) is 0. The Morgan fingerprint density at radius 3 is 2.75 bits per heavy atom. The average molecular weight is 225 g/mol. The van der Waals surface area contributed by atoms with Crippen molar-refractivity contribution < 1.29 is 9.47 Å². The maximum absolute atomic E-state index is 5.53. The fourth-order valence-electron chi connectivity index (χ4n) is 1.09. The zero-order valence-corrected chi connectivity index (χ0v) is 9.99. The molecule has 0 amide bonds. The standard InChI is InChI=1S/C11H19N3O2/c1-11(2,3)16-7-6-15-9-4-5-13-10(8-9)14-12/h4-5,8H,6-7,12H2,1-3H3,(H,13,14). The average Bonchev–Trinajstić information content (AvgIpc) is 2.23. The van der Waals surface area contributed by atoms with Crippen molar-refractivity contribution in [2.45, 2.75) is 26.4 Å². The lowest BCUT2D eigenvalue weighted by Gasteiger charge is -2.19. The number of pyridine rings is 1. The van der Waals surface area contributed by atoms with Crippen LogP contribution in [0.1, 0.15) is 20.8 Å². The molecule has 16 heavy (non-hydrogen) atoms. The van der Waals surface area contributed by atoms with E-state index >= 15 is 0 Å². The zero-order valence-electron chi connectivity index (χ0n) is 9.99. The van der Waals surface area contributed by atoms with Crippen LogP contribution in [-0.2, 0) is 4.74 Å². The number of hydrogen-bond acceptors (Lipinski definition) is 5. The minimum atomic E-state index is -0.133. The van der Waals surface area contributed by atoms with Gasteiger partial charge in [-0.15, -0.1) is 0 Å². The van der Waals surface area contributed by atoms with Crippen molar-refractivity contribution in [1.29, 1.82) is 0 Å². The van der Waals surface area contributed by atoms with E-state index in [0.717, 1.165) is 5.75 Å². The molecule has 90 valence electrons. The summed E-state index contributed by atoms with van der Waals surface area (Å²) in [7, 11) is 0. The Morgan fingerprint density at radius 1 is 1.38 bits per heavy atom. The van der Waals surface area contributed by atoms with Gasteiger partial charge in [-0.05, 0) is 26.8 Å². The van der Waals surface area contributed by atoms with Gasteiger partial charge in [0.1, 0.15) is 18.2 Å². The number of nitrogens with one attached hydrogen (secondary N) is 1. The minimum absolute atomic E-state index is 0.133. The number of hydrogen-bond donors (Lipinski definition) is 2. The van der Waals surface area contributed by atoms with E-state index in [4.69, 9.17) is 15.3 Å². The third-order valence-corrected chi connectivity index (χ3v) is 1.77. The first-order valence-corrected chi connectivity index (χ1v) is 5.21. The number of nitrogen functional groups attached to an aromatic ring is 1. The Kier molecular flexibility index (Phi) is 4.52. The van der Waals surface area contributed by atoms with Crippen molar-refractivity contribution in [3.05, 3.63) is 18.3 Å². The van der Waals surface area contributed by atoms with E-state index in [0.29, 0.717) is 19.0 Å². The second-order valence-corrected chi connectivity index (χ2v) is 4.33. The van der Waals surface area contributed by atoms with Crippen molar-refractivity contribution in [3.8, 4) is 5.75 Å². The van der Waals surface area contributed by atoms with Gasteiger partial charge in [-0.1, -0.05) is 0 Å². The maximum Gasteiger partial charge on any atom is 0.143 e. The van der Waals surface area contributed by atoms with Crippen molar-refractivity contribution in [2.24, 2.45) is 5.84 Å². The van der Waals surface area contributed by atoms with E-state index in [1.165, 1.54) is 0 Å². The monoisotopic (exact) mass is 225 g/mol. The first-order valence-electron chi connectivity index (χ1n) is 5.21. The largest absolute Gasteiger partial charge is 0.491 e. The van der Waals surface area contributed by atoms with Gasteiger partial charge in [0.2, 0.25) is 0 Å². The Morgan fingerprint density at radius 2 is 2.12 bits per heavy atom. The highest BCUT2D eigenvalue weighted by Crippen LogP contribution is 2.13. The summed E-state index contributed by atoms with van der Waals surface area (Å²) >= 11 is 0. The molecule has 0 aliphatic carbocycles. The van der Waals surface area contributed by atoms with Gasteiger partial charge < -0.3 is 14.9 Å². The van der Waals surface area contributed by atoms with Crippen molar-refractivity contribution in [1.82, 2.24) is 4.98 Å². The summed E-state index contributed by atoms with van der Waals surface area (Å²) < 4.78 is 11.0. The number of anilines is 1. The van der Waals surface area contributed by atoms with Crippen LogP contribution in [0, 0.1) is 0 Å². The molecule has 0 aromatic carbocycles. The Balaban J connectivity index is 2.32. The smallest absolute Gasteiger partial charge is 0.143 e. The fraction of sp³-hybridized carbons (Fsp3) is 0.545. The molecule has 1 rings (SSSR count). The van der Waals surface area contributed by atoms with E-state index in [2.05, 4.69) is 10.4 Å². The molecule has 0 unspecified atom stereocenters. The van der Waals surface area contributed by atoms with Crippen LogP contribution < -0.4 is 16.0 Å². The molecule has 0 radical (unpaired) electrons. The molecular formula is C11H19N3O2. The van der Waals surface area contributed by atoms with Crippen LogP contribution >= 0.6 is 0 Å². The molecular weight excluding hydrogens is 206 g/mol. The fourth-order valence-corrected chi connectivity index (χ4v) is 1.09. The van der Waals surface area contributed by atoms with Gasteiger partial charge in [-0.25, -0.2) is 10.8 Å². The van der Waals surface area contributed by atoms with Crippen LogP contribution in [0.25, 0.3) is 0 Å². The predicted octanol–water partition coefficient (Wildman–Crippen LogP) is 1.56. The number of ether oxygens (including phenoxy) is 2. The lowest BCUT2D eigenvalue weighted by atomic mass is 10.2. The Bertz CT molecular complexity index is 323. The molecule has 0 fully saturated rings. The Hall–Kier alpha value is -1.33. The molecule has 1 aromatic heterocycles. The third kappa shape index (κ3) is 4.95. The molecule has 1 heterocycles. The maximum atomic E-state index is 5.53. The molecule has 0 saturated heterocycles. The molecule has 0 atom stereocenters. The molecule has 0 bridgehead atoms. The van der Waals surface area contributed by atoms with E-state index in [9.17, 15) is 0 Å². The molecule has 0 aliphatic heterocycles. The zero-order chi connectivity index (χ0) is 12.0.